The van der Waals surface area contributed by atoms with E-state index in [1.54, 1.807) is 18.2 Å². The molecule has 4 rings (SSSR count). The third-order valence-electron chi connectivity index (χ3n) is 5.23. The van der Waals surface area contributed by atoms with Crippen molar-refractivity contribution in [3.8, 4) is 22.3 Å². The minimum absolute atomic E-state index is 0.116. The molecule has 0 saturated carbocycles. The highest BCUT2D eigenvalue weighted by molar-refractivity contribution is 5.89. The SMILES string of the molecule is C=CCCc1ccc2c(F)c(-c3ccc(-c4cc(F)c(F)c(F)c4)c(F)c3)ccc2c1. The summed E-state index contributed by atoms with van der Waals surface area (Å²) in [6, 6.07) is 14.1. The quantitative estimate of drug-likeness (QED) is 0.173. The Morgan fingerprint density at radius 2 is 1.32 bits per heavy atom. The van der Waals surface area contributed by atoms with Crippen molar-refractivity contribution in [3.63, 3.8) is 0 Å². The van der Waals surface area contributed by atoms with Crippen molar-refractivity contribution in [1.29, 1.82) is 0 Å². The van der Waals surface area contributed by atoms with Gasteiger partial charge in [0.2, 0.25) is 0 Å². The third kappa shape index (κ3) is 3.96. The molecule has 4 aromatic carbocycles. The van der Waals surface area contributed by atoms with Gasteiger partial charge in [-0.1, -0.05) is 48.5 Å². The fraction of sp³-hybridized carbons (Fsp3) is 0.0769. The molecule has 5 heteroatoms. The minimum atomic E-state index is -1.62. The maximum absolute atomic E-state index is 15.2. The van der Waals surface area contributed by atoms with Gasteiger partial charge >= 0.3 is 0 Å². The fourth-order valence-corrected chi connectivity index (χ4v) is 3.62. The molecule has 0 atom stereocenters. The molecule has 0 aromatic heterocycles. The van der Waals surface area contributed by atoms with Crippen molar-refractivity contribution in [2.24, 2.45) is 0 Å². The molecule has 0 aliphatic heterocycles. The molecule has 0 aliphatic carbocycles. The standard InChI is InChI=1S/C26H17F5/c1-2-3-4-15-5-8-20-16(11-15)7-10-21(25(20)30)17-6-9-19(22(27)12-17)18-13-23(28)26(31)24(29)14-18/h2,5-14H,1,3-4H2. The van der Waals surface area contributed by atoms with Gasteiger partial charge in [-0.2, -0.15) is 0 Å². The summed E-state index contributed by atoms with van der Waals surface area (Å²) in [7, 11) is 0. The van der Waals surface area contributed by atoms with Crippen LogP contribution in [0.15, 0.2) is 73.3 Å². The predicted molar refractivity (Wildman–Crippen MR) is 113 cm³/mol. The number of hydrogen-bond donors (Lipinski definition) is 0. The van der Waals surface area contributed by atoms with Gasteiger partial charge in [-0.25, -0.2) is 22.0 Å². The summed E-state index contributed by atoms with van der Waals surface area (Å²) in [6.45, 7) is 3.70. The van der Waals surface area contributed by atoms with E-state index in [2.05, 4.69) is 6.58 Å². The van der Waals surface area contributed by atoms with Crippen LogP contribution in [0.5, 0.6) is 0 Å². The first-order chi connectivity index (χ1) is 14.9. The molecule has 0 heterocycles. The highest BCUT2D eigenvalue weighted by Gasteiger charge is 2.16. The van der Waals surface area contributed by atoms with Crippen LogP contribution in [0.1, 0.15) is 12.0 Å². The molecule has 31 heavy (non-hydrogen) atoms. The number of hydrogen-bond acceptors (Lipinski definition) is 0. The van der Waals surface area contributed by atoms with E-state index in [0.717, 1.165) is 42.0 Å². The van der Waals surface area contributed by atoms with Crippen LogP contribution in [-0.4, -0.2) is 0 Å². The van der Waals surface area contributed by atoms with Crippen LogP contribution in [0.2, 0.25) is 0 Å². The molecule has 0 amide bonds. The summed E-state index contributed by atoms with van der Waals surface area (Å²) in [5.41, 5.74) is 1.28. The van der Waals surface area contributed by atoms with Gasteiger partial charge in [0, 0.05) is 16.5 Å². The summed E-state index contributed by atoms with van der Waals surface area (Å²) in [6.07, 6.45) is 3.44. The second kappa shape index (κ2) is 8.34. The van der Waals surface area contributed by atoms with Crippen LogP contribution in [0.4, 0.5) is 22.0 Å². The van der Waals surface area contributed by atoms with E-state index in [4.69, 9.17) is 0 Å². The Morgan fingerprint density at radius 1 is 0.645 bits per heavy atom. The van der Waals surface area contributed by atoms with Gasteiger partial charge in [-0.05, 0) is 53.1 Å². The molecule has 0 saturated heterocycles. The first-order valence-corrected chi connectivity index (χ1v) is 9.66. The summed E-state index contributed by atoms with van der Waals surface area (Å²) in [5.74, 6) is -5.73. The first kappa shape index (κ1) is 20.8. The van der Waals surface area contributed by atoms with E-state index in [0.29, 0.717) is 5.39 Å². The zero-order chi connectivity index (χ0) is 22.1. The van der Waals surface area contributed by atoms with E-state index in [1.165, 1.54) is 12.1 Å². The van der Waals surface area contributed by atoms with Gasteiger partial charge in [-0.3, -0.25) is 0 Å². The summed E-state index contributed by atoms with van der Waals surface area (Å²) in [4.78, 5) is 0. The number of allylic oxidation sites excluding steroid dienone is 1. The number of benzene rings is 4. The van der Waals surface area contributed by atoms with Gasteiger partial charge in [0.1, 0.15) is 11.6 Å². The monoisotopic (exact) mass is 424 g/mol. The summed E-state index contributed by atoms with van der Waals surface area (Å²) in [5, 5.41) is 1.14. The number of fused-ring (bicyclic) bond motifs is 1. The highest BCUT2D eigenvalue weighted by atomic mass is 19.2. The van der Waals surface area contributed by atoms with Crippen molar-refractivity contribution >= 4 is 10.8 Å². The molecule has 156 valence electrons. The van der Waals surface area contributed by atoms with Crippen molar-refractivity contribution in [2.45, 2.75) is 12.8 Å². The van der Waals surface area contributed by atoms with Crippen molar-refractivity contribution < 1.29 is 22.0 Å². The summed E-state index contributed by atoms with van der Waals surface area (Å²) >= 11 is 0. The lowest BCUT2D eigenvalue weighted by Gasteiger charge is -2.11. The largest absolute Gasteiger partial charge is 0.206 e. The smallest absolute Gasteiger partial charge is 0.194 e. The molecular formula is C26H17F5. The van der Waals surface area contributed by atoms with Crippen LogP contribution in [0.3, 0.4) is 0 Å². The van der Waals surface area contributed by atoms with E-state index in [-0.39, 0.29) is 22.3 Å². The Balaban J connectivity index is 1.74. The van der Waals surface area contributed by atoms with Crippen LogP contribution < -0.4 is 0 Å². The zero-order valence-electron chi connectivity index (χ0n) is 16.4. The highest BCUT2D eigenvalue weighted by Crippen LogP contribution is 2.33. The first-order valence-electron chi connectivity index (χ1n) is 9.66. The third-order valence-corrected chi connectivity index (χ3v) is 5.23. The Morgan fingerprint density at radius 3 is 2.00 bits per heavy atom. The normalized spacial score (nSPS) is 11.1. The molecule has 0 radical (unpaired) electrons. The molecular weight excluding hydrogens is 407 g/mol. The molecule has 0 aliphatic rings. The van der Waals surface area contributed by atoms with Crippen LogP contribution in [0, 0.1) is 29.1 Å². The molecule has 0 nitrogen and oxygen atoms in total. The predicted octanol–water partition coefficient (Wildman–Crippen LogP) is 7.99. The number of aryl methyl sites for hydroxylation is 1. The van der Waals surface area contributed by atoms with Gasteiger partial charge < -0.3 is 0 Å². The molecule has 0 unspecified atom stereocenters. The average molecular weight is 424 g/mol. The van der Waals surface area contributed by atoms with Gasteiger partial charge in [0.15, 0.2) is 17.5 Å². The number of rotatable bonds is 5. The van der Waals surface area contributed by atoms with E-state index < -0.39 is 29.1 Å². The minimum Gasteiger partial charge on any atom is -0.206 e. The topological polar surface area (TPSA) is 0 Å². The second-order valence-corrected chi connectivity index (χ2v) is 7.26. The average Bonchev–Trinajstić information content (AvgIpc) is 2.76. The Labute approximate surface area is 176 Å². The maximum Gasteiger partial charge on any atom is 0.194 e. The van der Waals surface area contributed by atoms with Crippen LogP contribution in [0.25, 0.3) is 33.0 Å². The Hall–Kier alpha value is -3.47. The van der Waals surface area contributed by atoms with E-state index >= 15 is 4.39 Å². The van der Waals surface area contributed by atoms with Gasteiger partial charge in [0.25, 0.3) is 0 Å². The Bertz CT molecular complexity index is 1280. The lowest BCUT2D eigenvalue weighted by atomic mass is 9.96. The van der Waals surface area contributed by atoms with Crippen LogP contribution in [-0.2, 0) is 6.42 Å². The molecule has 0 fully saturated rings. The fourth-order valence-electron chi connectivity index (χ4n) is 3.62. The van der Waals surface area contributed by atoms with E-state index in [1.807, 2.05) is 18.2 Å². The van der Waals surface area contributed by atoms with E-state index in [9.17, 15) is 17.6 Å². The van der Waals surface area contributed by atoms with Crippen molar-refractivity contribution in [2.75, 3.05) is 0 Å². The molecule has 0 spiro atoms. The second-order valence-electron chi connectivity index (χ2n) is 7.26. The van der Waals surface area contributed by atoms with Crippen molar-refractivity contribution in [1.82, 2.24) is 0 Å². The molecule has 0 bridgehead atoms. The lowest BCUT2D eigenvalue weighted by molar-refractivity contribution is 0.447. The molecule has 0 N–H and O–H groups in total. The zero-order valence-corrected chi connectivity index (χ0v) is 16.4. The lowest BCUT2D eigenvalue weighted by Crippen LogP contribution is -1.94. The van der Waals surface area contributed by atoms with Gasteiger partial charge in [-0.15, -0.1) is 6.58 Å². The summed E-state index contributed by atoms with van der Waals surface area (Å²) < 4.78 is 70.1. The molecule has 4 aromatic rings. The maximum atomic E-state index is 15.2. The van der Waals surface area contributed by atoms with Gasteiger partial charge in [0.05, 0.1) is 0 Å². The van der Waals surface area contributed by atoms with Crippen LogP contribution >= 0.6 is 0 Å². The van der Waals surface area contributed by atoms with Crippen molar-refractivity contribution in [3.05, 3.63) is 108 Å². The number of halogens is 5. The Kier molecular flexibility index (Phi) is 5.59.